The monoisotopic (exact) mass is 489 g/mol. The number of esters is 1. The lowest BCUT2D eigenvalue weighted by Gasteiger charge is -2.33. The Kier molecular flexibility index (Phi) is 8.51. The largest absolute Gasteiger partial charge is 0.507 e. The Hall–Kier alpha value is -3.25. The lowest BCUT2D eigenvalue weighted by Crippen LogP contribution is -2.35. The van der Waals surface area contributed by atoms with E-state index < -0.39 is 6.04 Å². The standard InChI is InChI=1S/C30H39N3O3/c1-8-36-28(35)26(21-17-24(29(2,3)4)27(34)25(18-21)30(5,6)7)33(19-22-13-9-11-15-31-22)20-23-14-10-12-16-32-23/h9-18,26,34H,8,19-20H2,1-7H3/t26-/m0/s1. The summed E-state index contributed by atoms with van der Waals surface area (Å²) in [6.07, 6.45) is 3.51. The van der Waals surface area contributed by atoms with Crippen molar-refractivity contribution in [1.82, 2.24) is 14.9 Å². The van der Waals surface area contributed by atoms with Gasteiger partial charge in [-0.1, -0.05) is 53.7 Å². The van der Waals surface area contributed by atoms with Crippen molar-refractivity contribution in [2.45, 2.75) is 78.4 Å². The highest BCUT2D eigenvalue weighted by molar-refractivity contribution is 5.78. The second kappa shape index (κ2) is 11.2. The van der Waals surface area contributed by atoms with Gasteiger partial charge in [0.2, 0.25) is 0 Å². The normalized spacial score (nSPS) is 13.0. The van der Waals surface area contributed by atoms with Gasteiger partial charge in [0.1, 0.15) is 11.8 Å². The number of benzene rings is 1. The van der Waals surface area contributed by atoms with Crippen LogP contribution < -0.4 is 0 Å². The molecule has 1 aromatic carbocycles. The lowest BCUT2D eigenvalue weighted by molar-refractivity contribution is -0.150. The molecule has 1 atom stereocenters. The molecule has 36 heavy (non-hydrogen) atoms. The molecule has 192 valence electrons. The Labute approximate surface area is 215 Å². The number of hydrogen-bond acceptors (Lipinski definition) is 6. The van der Waals surface area contributed by atoms with Crippen molar-refractivity contribution in [3.63, 3.8) is 0 Å². The maximum atomic E-state index is 13.6. The van der Waals surface area contributed by atoms with Gasteiger partial charge in [0.15, 0.2) is 0 Å². The van der Waals surface area contributed by atoms with E-state index in [1.165, 1.54) is 0 Å². The number of ether oxygens (including phenoxy) is 1. The summed E-state index contributed by atoms with van der Waals surface area (Å²) in [6, 6.07) is 14.7. The maximum absolute atomic E-state index is 13.6. The first kappa shape index (κ1) is 27.3. The summed E-state index contributed by atoms with van der Waals surface area (Å²) in [6.45, 7) is 15.3. The van der Waals surface area contributed by atoms with Crippen LogP contribution in [0.5, 0.6) is 5.75 Å². The Morgan fingerprint density at radius 1 is 0.889 bits per heavy atom. The molecule has 0 unspecified atom stereocenters. The fraction of sp³-hybridized carbons (Fsp3) is 0.433. The number of carbonyl (C=O) groups excluding carboxylic acids is 1. The first-order chi connectivity index (χ1) is 16.9. The minimum absolute atomic E-state index is 0.271. The molecule has 0 aliphatic rings. The van der Waals surface area contributed by atoms with Gasteiger partial charge in [-0.05, 0) is 70.8 Å². The van der Waals surface area contributed by atoms with Gasteiger partial charge >= 0.3 is 5.97 Å². The van der Waals surface area contributed by atoms with Gasteiger partial charge in [-0.25, -0.2) is 4.79 Å². The number of hydrogen-bond donors (Lipinski definition) is 1. The molecule has 3 rings (SSSR count). The maximum Gasteiger partial charge on any atom is 0.328 e. The Morgan fingerprint density at radius 2 is 1.36 bits per heavy atom. The fourth-order valence-electron chi connectivity index (χ4n) is 4.31. The van der Waals surface area contributed by atoms with E-state index in [1.807, 2.05) is 60.4 Å². The molecular weight excluding hydrogens is 450 g/mol. The summed E-state index contributed by atoms with van der Waals surface area (Å²) in [4.78, 5) is 24.7. The van der Waals surface area contributed by atoms with E-state index >= 15 is 0 Å². The molecule has 0 bridgehead atoms. The van der Waals surface area contributed by atoms with Gasteiger partial charge in [-0.15, -0.1) is 0 Å². The van der Waals surface area contributed by atoms with E-state index in [9.17, 15) is 9.90 Å². The summed E-state index contributed by atoms with van der Waals surface area (Å²) in [5, 5.41) is 11.3. The molecule has 0 fully saturated rings. The van der Waals surface area contributed by atoms with E-state index in [0.29, 0.717) is 13.1 Å². The van der Waals surface area contributed by atoms with Crippen LogP contribution in [0.4, 0.5) is 0 Å². The van der Waals surface area contributed by atoms with E-state index in [1.54, 1.807) is 12.4 Å². The Bertz CT molecular complexity index is 1070. The van der Waals surface area contributed by atoms with E-state index in [0.717, 1.165) is 28.1 Å². The fourth-order valence-corrected chi connectivity index (χ4v) is 4.31. The number of aromatic hydroxyl groups is 1. The molecule has 1 N–H and O–H groups in total. The third kappa shape index (κ3) is 6.70. The average molecular weight is 490 g/mol. The highest BCUT2D eigenvalue weighted by atomic mass is 16.5. The molecule has 6 heteroatoms. The zero-order valence-electron chi connectivity index (χ0n) is 22.6. The van der Waals surface area contributed by atoms with E-state index in [-0.39, 0.29) is 29.2 Å². The minimum Gasteiger partial charge on any atom is -0.507 e. The van der Waals surface area contributed by atoms with Crippen molar-refractivity contribution in [1.29, 1.82) is 0 Å². The van der Waals surface area contributed by atoms with Crippen molar-refractivity contribution in [2.75, 3.05) is 6.61 Å². The highest BCUT2D eigenvalue weighted by Gasteiger charge is 2.34. The van der Waals surface area contributed by atoms with Crippen LogP contribution in [0.25, 0.3) is 0 Å². The molecule has 2 aromatic heterocycles. The van der Waals surface area contributed by atoms with Crippen molar-refractivity contribution in [2.24, 2.45) is 0 Å². The Balaban J connectivity index is 2.23. The van der Waals surface area contributed by atoms with Crippen molar-refractivity contribution in [3.8, 4) is 5.75 Å². The van der Waals surface area contributed by atoms with Gasteiger partial charge in [0.05, 0.1) is 18.0 Å². The highest BCUT2D eigenvalue weighted by Crippen LogP contribution is 2.42. The SMILES string of the molecule is CCOC(=O)[C@H](c1cc(C(C)(C)C)c(O)c(C(C)(C)C)c1)N(Cc1ccccn1)Cc1ccccn1. The summed E-state index contributed by atoms with van der Waals surface area (Å²) in [5.41, 5.74) is 3.41. The summed E-state index contributed by atoms with van der Waals surface area (Å²) >= 11 is 0. The lowest BCUT2D eigenvalue weighted by atomic mass is 9.77. The summed E-state index contributed by atoms with van der Waals surface area (Å²) in [5.74, 6) is -0.0582. The van der Waals surface area contributed by atoms with Crippen molar-refractivity contribution >= 4 is 5.97 Å². The van der Waals surface area contributed by atoms with Crippen LogP contribution >= 0.6 is 0 Å². The molecule has 0 aliphatic carbocycles. The van der Waals surface area contributed by atoms with Gasteiger partial charge in [0.25, 0.3) is 0 Å². The van der Waals surface area contributed by atoms with Gasteiger partial charge < -0.3 is 9.84 Å². The molecule has 2 heterocycles. The molecule has 0 amide bonds. The molecule has 6 nitrogen and oxygen atoms in total. The number of aromatic nitrogens is 2. The van der Waals surface area contributed by atoms with Crippen LogP contribution in [0.2, 0.25) is 0 Å². The third-order valence-electron chi connectivity index (χ3n) is 6.12. The van der Waals surface area contributed by atoms with Crippen LogP contribution in [0.3, 0.4) is 0 Å². The van der Waals surface area contributed by atoms with Gasteiger partial charge in [-0.2, -0.15) is 0 Å². The molecule has 0 saturated carbocycles. The number of phenolic OH excluding ortho intramolecular Hbond substituents is 1. The molecule has 3 aromatic rings. The average Bonchev–Trinajstić information content (AvgIpc) is 2.80. The molecule has 0 saturated heterocycles. The smallest absolute Gasteiger partial charge is 0.328 e. The minimum atomic E-state index is -0.711. The van der Waals surface area contributed by atoms with Crippen LogP contribution in [0, 0.1) is 0 Å². The number of carbonyl (C=O) groups is 1. The van der Waals surface area contributed by atoms with Gasteiger partial charge in [-0.3, -0.25) is 14.9 Å². The first-order valence-electron chi connectivity index (χ1n) is 12.5. The van der Waals surface area contributed by atoms with Crippen LogP contribution in [0.15, 0.2) is 60.9 Å². The number of rotatable bonds is 8. The number of phenols is 1. The number of nitrogens with zero attached hydrogens (tertiary/aromatic N) is 3. The molecule has 0 aliphatic heterocycles. The third-order valence-corrected chi connectivity index (χ3v) is 6.12. The summed E-state index contributed by atoms with van der Waals surface area (Å²) < 4.78 is 5.61. The van der Waals surface area contributed by atoms with Crippen LogP contribution in [-0.2, 0) is 33.5 Å². The van der Waals surface area contributed by atoms with Gasteiger partial charge in [0, 0.05) is 25.5 Å². The molecular formula is C30H39N3O3. The van der Waals surface area contributed by atoms with E-state index in [4.69, 9.17) is 4.74 Å². The van der Waals surface area contributed by atoms with Crippen LogP contribution in [-0.4, -0.2) is 32.6 Å². The quantitative estimate of drug-likeness (QED) is 0.386. The summed E-state index contributed by atoms with van der Waals surface area (Å²) in [7, 11) is 0. The zero-order chi connectivity index (χ0) is 26.5. The van der Waals surface area contributed by atoms with Crippen molar-refractivity contribution < 1.29 is 14.6 Å². The second-order valence-electron chi connectivity index (χ2n) is 11.2. The van der Waals surface area contributed by atoms with Crippen molar-refractivity contribution in [3.05, 3.63) is 89.0 Å². The zero-order valence-corrected chi connectivity index (χ0v) is 22.6. The second-order valence-corrected chi connectivity index (χ2v) is 11.2. The van der Waals surface area contributed by atoms with Crippen LogP contribution in [0.1, 0.15) is 82.6 Å². The first-order valence-corrected chi connectivity index (χ1v) is 12.5. The number of pyridine rings is 2. The molecule has 0 spiro atoms. The predicted molar refractivity (Wildman–Crippen MR) is 143 cm³/mol. The molecule has 0 radical (unpaired) electrons. The predicted octanol–water partition coefficient (Wildman–Crippen LogP) is 6.08. The van der Waals surface area contributed by atoms with E-state index in [2.05, 4.69) is 51.5 Å². The Morgan fingerprint density at radius 3 is 1.72 bits per heavy atom. The topological polar surface area (TPSA) is 75.6 Å².